The van der Waals surface area contributed by atoms with Crippen molar-refractivity contribution in [3.63, 3.8) is 0 Å². The summed E-state index contributed by atoms with van der Waals surface area (Å²) in [4.78, 5) is 10.1. The Hall–Kier alpha value is -1.11. The average Bonchev–Trinajstić information content (AvgIpc) is 2.35. The molecule has 0 aromatic rings. The Morgan fingerprint density at radius 1 is 0.706 bits per heavy atom. The topological polar surface area (TPSA) is 17.1 Å². The van der Waals surface area contributed by atoms with Gasteiger partial charge in [-0.3, -0.25) is 0 Å². The number of rotatable bonds is 11. The zero-order valence-electron chi connectivity index (χ0n) is 11.1. The van der Waals surface area contributed by atoms with Crippen LogP contribution in [-0.2, 0) is 4.79 Å². The lowest BCUT2D eigenvalue weighted by Gasteiger charge is -1.98. The first-order chi connectivity index (χ1) is 8.41. The van der Waals surface area contributed by atoms with Crippen LogP contribution in [0, 0.1) is 0 Å². The van der Waals surface area contributed by atoms with Gasteiger partial charge in [-0.2, -0.15) is 0 Å². The van der Waals surface area contributed by atoms with Crippen LogP contribution in [-0.4, -0.2) is 6.29 Å². The lowest BCUT2D eigenvalue weighted by atomic mass is 10.1. The maximum absolute atomic E-state index is 10.1. The van der Waals surface area contributed by atoms with E-state index in [-0.39, 0.29) is 0 Å². The average molecular weight is 234 g/mol. The van der Waals surface area contributed by atoms with Crippen LogP contribution in [0.1, 0.15) is 58.3 Å². The molecule has 0 heterocycles. The quantitative estimate of drug-likeness (QED) is 0.279. The molecule has 0 bridgehead atoms. The molecular weight excluding hydrogens is 208 g/mol. The van der Waals surface area contributed by atoms with Crippen LogP contribution in [0.3, 0.4) is 0 Å². The lowest BCUT2D eigenvalue weighted by Crippen LogP contribution is -1.80. The van der Waals surface area contributed by atoms with E-state index in [1.54, 1.807) is 0 Å². The van der Waals surface area contributed by atoms with Gasteiger partial charge in [0.15, 0.2) is 0 Å². The van der Waals surface area contributed by atoms with E-state index >= 15 is 0 Å². The molecule has 0 saturated heterocycles. The van der Waals surface area contributed by atoms with Crippen LogP contribution < -0.4 is 0 Å². The minimum atomic E-state index is 0.737. The molecule has 0 spiro atoms. The molecule has 0 aromatic heterocycles. The number of aldehydes is 1. The fraction of sp³-hybridized carbons (Fsp3) is 0.562. The Bertz CT molecular complexity index is 236. The van der Waals surface area contributed by atoms with Crippen molar-refractivity contribution in [1.29, 1.82) is 0 Å². The smallest absolute Gasteiger partial charge is 0.119 e. The summed E-state index contributed by atoms with van der Waals surface area (Å²) in [5, 5.41) is 0. The van der Waals surface area contributed by atoms with Crippen LogP contribution in [0.15, 0.2) is 36.5 Å². The third-order valence-corrected chi connectivity index (χ3v) is 2.60. The van der Waals surface area contributed by atoms with Crippen LogP contribution in [0.25, 0.3) is 0 Å². The summed E-state index contributed by atoms with van der Waals surface area (Å²) in [6, 6.07) is 0. The maximum atomic E-state index is 10.1. The second-order valence-corrected chi connectivity index (χ2v) is 4.20. The molecule has 0 fully saturated rings. The van der Waals surface area contributed by atoms with Crippen molar-refractivity contribution in [3.8, 4) is 0 Å². The van der Waals surface area contributed by atoms with Crippen molar-refractivity contribution in [1.82, 2.24) is 0 Å². The SMILES string of the molecule is C/C=C/C=C\C=C\CCCCCCCCC=O. The number of unbranched alkanes of at least 4 members (excludes halogenated alkanes) is 7. The molecule has 0 aromatic carbocycles. The van der Waals surface area contributed by atoms with Gasteiger partial charge in [-0.15, -0.1) is 0 Å². The predicted molar refractivity (Wildman–Crippen MR) is 76.1 cm³/mol. The summed E-state index contributed by atoms with van der Waals surface area (Å²) in [6.45, 7) is 2.02. The van der Waals surface area contributed by atoms with E-state index in [0.29, 0.717) is 0 Å². The normalized spacial score (nSPS) is 12.1. The van der Waals surface area contributed by atoms with Crippen molar-refractivity contribution in [2.75, 3.05) is 0 Å². The molecule has 0 aliphatic carbocycles. The van der Waals surface area contributed by atoms with Gasteiger partial charge in [-0.1, -0.05) is 62.1 Å². The highest BCUT2D eigenvalue weighted by atomic mass is 16.1. The Morgan fingerprint density at radius 2 is 1.29 bits per heavy atom. The van der Waals surface area contributed by atoms with Crippen molar-refractivity contribution in [2.45, 2.75) is 58.3 Å². The van der Waals surface area contributed by atoms with Gasteiger partial charge in [0.2, 0.25) is 0 Å². The van der Waals surface area contributed by atoms with E-state index in [4.69, 9.17) is 0 Å². The standard InChI is InChI=1S/C16H26O/c1-2-3-4-5-6-7-8-9-10-11-12-13-14-15-16-17/h2-7,16H,8-15H2,1H3/b3-2+,5-4-,7-6+. The van der Waals surface area contributed by atoms with Gasteiger partial charge in [-0.05, 0) is 26.2 Å². The monoisotopic (exact) mass is 234 g/mol. The first-order valence-electron chi connectivity index (χ1n) is 6.80. The van der Waals surface area contributed by atoms with Gasteiger partial charge in [0.25, 0.3) is 0 Å². The highest BCUT2D eigenvalue weighted by Crippen LogP contribution is 2.08. The Balaban J connectivity index is 3.15. The number of hydrogen-bond donors (Lipinski definition) is 0. The van der Waals surface area contributed by atoms with Crippen LogP contribution in [0.4, 0.5) is 0 Å². The molecule has 0 aliphatic heterocycles. The molecule has 17 heavy (non-hydrogen) atoms. The molecule has 0 unspecified atom stereocenters. The molecule has 96 valence electrons. The number of carbonyl (C=O) groups is 1. The molecule has 0 saturated carbocycles. The number of allylic oxidation sites excluding steroid dienone is 6. The minimum Gasteiger partial charge on any atom is -0.303 e. The summed E-state index contributed by atoms with van der Waals surface area (Å²) in [6.07, 6.45) is 22.9. The van der Waals surface area contributed by atoms with Gasteiger partial charge in [0, 0.05) is 6.42 Å². The summed E-state index contributed by atoms with van der Waals surface area (Å²) in [5.41, 5.74) is 0. The summed E-state index contributed by atoms with van der Waals surface area (Å²) >= 11 is 0. The second-order valence-electron chi connectivity index (χ2n) is 4.20. The highest BCUT2D eigenvalue weighted by molar-refractivity contribution is 5.48. The zero-order chi connectivity index (χ0) is 12.6. The van der Waals surface area contributed by atoms with Crippen LogP contribution >= 0.6 is 0 Å². The van der Waals surface area contributed by atoms with Crippen LogP contribution in [0.5, 0.6) is 0 Å². The Morgan fingerprint density at radius 3 is 1.94 bits per heavy atom. The van der Waals surface area contributed by atoms with Gasteiger partial charge >= 0.3 is 0 Å². The molecule has 0 atom stereocenters. The molecular formula is C16H26O. The van der Waals surface area contributed by atoms with Crippen molar-refractivity contribution < 1.29 is 4.79 Å². The van der Waals surface area contributed by atoms with E-state index in [2.05, 4.69) is 18.2 Å². The summed E-state index contributed by atoms with van der Waals surface area (Å²) < 4.78 is 0. The van der Waals surface area contributed by atoms with Gasteiger partial charge < -0.3 is 4.79 Å². The number of carbonyl (C=O) groups excluding carboxylic acids is 1. The first kappa shape index (κ1) is 15.9. The molecule has 0 radical (unpaired) electrons. The molecule has 1 nitrogen and oxygen atoms in total. The van der Waals surface area contributed by atoms with Gasteiger partial charge in [0.1, 0.15) is 6.29 Å². The first-order valence-corrected chi connectivity index (χ1v) is 6.80. The molecule has 0 amide bonds. The third-order valence-electron chi connectivity index (χ3n) is 2.60. The van der Waals surface area contributed by atoms with E-state index in [0.717, 1.165) is 19.1 Å². The zero-order valence-corrected chi connectivity index (χ0v) is 11.1. The fourth-order valence-corrected chi connectivity index (χ4v) is 1.61. The van der Waals surface area contributed by atoms with Crippen molar-refractivity contribution >= 4 is 6.29 Å². The Kier molecular flexibility index (Phi) is 13.9. The molecule has 0 aliphatic rings. The van der Waals surface area contributed by atoms with E-state index in [1.165, 1.54) is 38.5 Å². The molecule has 0 N–H and O–H groups in total. The number of hydrogen-bond acceptors (Lipinski definition) is 1. The third kappa shape index (κ3) is 14.9. The summed E-state index contributed by atoms with van der Waals surface area (Å²) in [5.74, 6) is 0. The predicted octanol–water partition coefficient (Wildman–Crippen LogP) is 4.99. The minimum absolute atomic E-state index is 0.737. The van der Waals surface area contributed by atoms with E-state index in [9.17, 15) is 4.79 Å². The Labute approximate surface area is 106 Å². The van der Waals surface area contributed by atoms with Crippen molar-refractivity contribution in [3.05, 3.63) is 36.5 Å². The van der Waals surface area contributed by atoms with Crippen LogP contribution in [0.2, 0.25) is 0 Å². The summed E-state index contributed by atoms with van der Waals surface area (Å²) in [7, 11) is 0. The van der Waals surface area contributed by atoms with Gasteiger partial charge in [0.05, 0.1) is 0 Å². The van der Waals surface area contributed by atoms with Crippen molar-refractivity contribution in [2.24, 2.45) is 0 Å². The van der Waals surface area contributed by atoms with Gasteiger partial charge in [-0.25, -0.2) is 0 Å². The van der Waals surface area contributed by atoms with E-state index in [1.807, 2.05) is 25.2 Å². The highest BCUT2D eigenvalue weighted by Gasteiger charge is 1.89. The largest absolute Gasteiger partial charge is 0.303 e. The maximum Gasteiger partial charge on any atom is 0.119 e. The fourth-order valence-electron chi connectivity index (χ4n) is 1.61. The second kappa shape index (κ2) is 14.9. The molecule has 1 heteroatoms. The van der Waals surface area contributed by atoms with E-state index < -0.39 is 0 Å². The molecule has 0 rings (SSSR count). The lowest BCUT2D eigenvalue weighted by molar-refractivity contribution is -0.107.